The van der Waals surface area contributed by atoms with Gasteiger partial charge in [0.2, 0.25) is 0 Å². The Bertz CT molecular complexity index is 1750. The Kier molecular flexibility index (Phi) is 7.82. The van der Waals surface area contributed by atoms with Crippen molar-refractivity contribution in [2.45, 2.75) is 33.4 Å². The number of thiazole rings is 1. The second-order valence-corrected chi connectivity index (χ2v) is 10.5. The molecule has 1 aromatic heterocycles. The predicted molar refractivity (Wildman–Crippen MR) is 154 cm³/mol. The van der Waals surface area contributed by atoms with Gasteiger partial charge in [-0.25, -0.2) is 9.79 Å². The molecule has 2 heterocycles. The van der Waals surface area contributed by atoms with E-state index in [1.807, 2.05) is 79.7 Å². The molecule has 0 aliphatic carbocycles. The van der Waals surface area contributed by atoms with Crippen molar-refractivity contribution in [3.63, 3.8) is 0 Å². The van der Waals surface area contributed by atoms with Crippen molar-refractivity contribution >= 4 is 35.0 Å². The molecule has 0 saturated carbocycles. The van der Waals surface area contributed by atoms with Crippen LogP contribution >= 0.6 is 22.9 Å². The summed E-state index contributed by atoms with van der Waals surface area (Å²) in [6, 6.07) is 22.2. The van der Waals surface area contributed by atoms with Crippen molar-refractivity contribution in [2.75, 3.05) is 6.61 Å². The summed E-state index contributed by atoms with van der Waals surface area (Å²) in [5.41, 5.74) is 4.18. The molecular formula is C31H27ClN2O4S. The molecule has 0 fully saturated rings. The van der Waals surface area contributed by atoms with Gasteiger partial charge in [0.15, 0.2) is 4.80 Å². The molecule has 1 atom stereocenters. The number of hydrogen-bond donors (Lipinski definition) is 0. The zero-order valence-corrected chi connectivity index (χ0v) is 23.4. The number of nitrogens with zero attached hydrogens (tertiary/aromatic N) is 2. The lowest BCUT2D eigenvalue weighted by molar-refractivity contribution is -0.139. The monoisotopic (exact) mass is 558 g/mol. The highest BCUT2D eigenvalue weighted by molar-refractivity contribution is 7.07. The van der Waals surface area contributed by atoms with Crippen molar-refractivity contribution in [3.05, 3.63) is 131 Å². The SMILES string of the molecule is CCOC(=O)C1=C(C)N=c2sc(=Cc3ccccc3OCc3ccccc3Cl)c(=O)n2C1c1ccc(C)cc1. The smallest absolute Gasteiger partial charge is 0.338 e. The van der Waals surface area contributed by atoms with E-state index < -0.39 is 12.0 Å². The van der Waals surface area contributed by atoms with Crippen LogP contribution in [-0.4, -0.2) is 17.1 Å². The molecule has 0 bridgehead atoms. The topological polar surface area (TPSA) is 69.9 Å². The number of halogens is 1. The lowest BCUT2D eigenvalue weighted by Gasteiger charge is -2.24. The van der Waals surface area contributed by atoms with Crippen LogP contribution in [0.1, 0.15) is 42.1 Å². The maximum Gasteiger partial charge on any atom is 0.338 e. The molecule has 1 aliphatic heterocycles. The van der Waals surface area contributed by atoms with Gasteiger partial charge >= 0.3 is 5.97 Å². The highest BCUT2D eigenvalue weighted by atomic mass is 35.5. The van der Waals surface area contributed by atoms with Crippen LogP contribution in [0.2, 0.25) is 5.02 Å². The van der Waals surface area contributed by atoms with Gasteiger partial charge < -0.3 is 9.47 Å². The molecule has 5 rings (SSSR count). The first-order valence-corrected chi connectivity index (χ1v) is 13.8. The van der Waals surface area contributed by atoms with Crippen molar-refractivity contribution < 1.29 is 14.3 Å². The number of ether oxygens (including phenoxy) is 2. The van der Waals surface area contributed by atoms with E-state index in [0.29, 0.717) is 38.0 Å². The number of carbonyl (C=O) groups excluding carboxylic acids is 1. The van der Waals surface area contributed by atoms with Crippen LogP contribution in [0.5, 0.6) is 5.75 Å². The van der Waals surface area contributed by atoms with Gasteiger partial charge in [0.1, 0.15) is 12.4 Å². The zero-order valence-electron chi connectivity index (χ0n) is 21.8. The number of benzene rings is 3. The van der Waals surface area contributed by atoms with Crippen LogP contribution in [-0.2, 0) is 16.1 Å². The molecular weight excluding hydrogens is 532 g/mol. The first-order valence-electron chi connectivity index (χ1n) is 12.6. The van der Waals surface area contributed by atoms with Crippen molar-refractivity contribution in [1.29, 1.82) is 0 Å². The summed E-state index contributed by atoms with van der Waals surface area (Å²) in [7, 11) is 0. The Labute approximate surface area is 235 Å². The van der Waals surface area contributed by atoms with Crippen LogP contribution < -0.4 is 19.6 Å². The van der Waals surface area contributed by atoms with E-state index in [2.05, 4.69) is 4.99 Å². The van der Waals surface area contributed by atoms with E-state index in [1.54, 1.807) is 24.5 Å². The Morgan fingerprint density at radius 1 is 1.05 bits per heavy atom. The van der Waals surface area contributed by atoms with Gasteiger partial charge in [-0.05, 0) is 44.5 Å². The van der Waals surface area contributed by atoms with Gasteiger partial charge in [0.05, 0.1) is 28.5 Å². The van der Waals surface area contributed by atoms with E-state index in [4.69, 9.17) is 21.1 Å². The van der Waals surface area contributed by atoms with E-state index in [1.165, 1.54) is 11.3 Å². The number of rotatable bonds is 7. The average molecular weight is 559 g/mol. The van der Waals surface area contributed by atoms with Crippen LogP contribution in [0.15, 0.2) is 93.9 Å². The maximum atomic E-state index is 13.9. The van der Waals surface area contributed by atoms with Gasteiger partial charge in [-0.3, -0.25) is 9.36 Å². The number of hydrogen-bond acceptors (Lipinski definition) is 6. The Balaban J connectivity index is 1.60. The quantitative estimate of drug-likeness (QED) is 0.287. The van der Waals surface area contributed by atoms with Crippen LogP contribution in [0, 0.1) is 6.92 Å². The summed E-state index contributed by atoms with van der Waals surface area (Å²) in [6.45, 7) is 6.05. The van der Waals surface area contributed by atoms with Crippen molar-refractivity contribution in [3.8, 4) is 5.75 Å². The fourth-order valence-electron chi connectivity index (χ4n) is 4.50. The Hall–Kier alpha value is -3.94. The number of esters is 1. The van der Waals surface area contributed by atoms with E-state index in [0.717, 1.165) is 22.3 Å². The van der Waals surface area contributed by atoms with Gasteiger partial charge in [0, 0.05) is 16.1 Å². The largest absolute Gasteiger partial charge is 0.488 e. The summed E-state index contributed by atoms with van der Waals surface area (Å²) in [5, 5.41) is 0.632. The Morgan fingerprint density at radius 3 is 2.51 bits per heavy atom. The average Bonchev–Trinajstić information content (AvgIpc) is 3.23. The lowest BCUT2D eigenvalue weighted by atomic mass is 9.95. The third kappa shape index (κ3) is 5.46. The van der Waals surface area contributed by atoms with E-state index in [-0.39, 0.29) is 12.2 Å². The maximum absolute atomic E-state index is 13.9. The van der Waals surface area contributed by atoms with Crippen LogP contribution in [0.3, 0.4) is 0 Å². The van der Waals surface area contributed by atoms with Gasteiger partial charge in [-0.2, -0.15) is 0 Å². The zero-order chi connectivity index (χ0) is 27.5. The minimum absolute atomic E-state index is 0.228. The van der Waals surface area contributed by atoms with Crippen molar-refractivity contribution in [1.82, 2.24) is 4.57 Å². The molecule has 0 spiro atoms. The summed E-state index contributed by atoms with van der Waals surface area (Å²) in [4.78, 5) is 32.1. The van der Waals surface area contributed by atoms with Gasteiger partial charge in [0.25, 0.3) is 5.56 Å². The number of carbonyl (C=O) groups is 1. The number of aromatic nitrogens is 1. The predicted octanol–water partition coefficient (Wildman–Crippen LogP) is 5.34. The minimum atomic E-state index is -0.644. The first kappa shape index (κ1) is 26.7. The fraction of sp³-hybridized carbons (Fsp3) is 0.194. The van der Waals surface area contributed by atoms with E-state index in [9.17, 15) is 9.59 Å². The highest BCUT2D eigenvalue weighted by Gasteiger charge is 2.33. The summed E-state index contributed by atoms with van der Waals surface area (Å²) in [6.07, 6.45) is 1.81. The molecule has 39 heavy (non-hydrogen) atoms. The van der Waals surface area contributed by atoms with Crippen LogP contribution in [0.25, 0.3) is 6.08 Å². The van der Waals surface area contributed by atoms with Crippen molar-refractivity contribution in [2.24, 2.45) is 4.99 Å². The molecule has 6 nitrogen and oxygen atoms in total. The summed E-state index contributed by atoms with van der Waals surface area (Å²) < 4.78 is 13.5. The molecule has 8 heteroatoms. The summed E-state index contributed by atoms with van der Waals surface area (Å²) in [5.74, 6) is 0.152. The van der Waals surface area contributed by atoms with E-state index >= 15 is 0 Å². The number of para-hydroxylation sites is 1. The molecule has 0 saturated heterocycles. The Morgan fingerprint density at radius 2 is 1.77 bits per heavy atom. The summed E-state index contributed by atoms with van der Waals surface area (Å²) >= 11 is 7.58. The number of allylic oxidation sites excluding steroid dienone is 1. The second-order valence-electron chi connectivity index (χ2n) is 9.13. The van der Waals surface area contributed by atoms with Gasteiger partial charge in [-0.15, -0.1) is 0 Å². The standard InChI is InChI=1S/C31H27ClN2O4S/c1-4-37-30(36)27-20(3)33-31-34(28(27)21-15-13-19(2)14-16-21)29(35)26(39-31)17-22-9-6-8-12-25(22)38-18-23-10-5-7-11-24(23)32/h5-17,28H,4,18H2,1-3H3. The third-order valence-electron chi connectivity index (χ3n) is 6.46. The number of fused-ring (bicyclic) bond motifs is 1. The molecule has 1 unspecified atom stereocenters. The normalized spacial score (nSPS) is 15.1. The number of aryl methyl sites for hydroxylation is 1. The molecule has 0 amide bonds. The molecule has 3 aromatic carbocycles. The molecule has 0 N–H and O–H groups in total. The lowest BCUT2D eigenvalue weighted by Crippen LogP contribution is -2.39. The molecule has 4 aromatic rings. The minimum Gasteiger partial charge on any atom is -0.488 e. The fourth-order valence-corrected chi connectivity index (χ4v) is 5.73. The van der Waals surface area contributed by atoms with Gasteiger partial charge in [-0.1, -0.05) is 89.2 Å². The third-order valence-corrected chi connectivity index (χ3v) is 7.81. The van der Waals surface area contributed by atoms with Crippen LogP contribution in [0.4, 0.5) is 0 Å². The molecule has 0 radical (unpaired) electrons. The highest BCUT2D eigenvalue weighted by Crippen LogP contribution is 2.31. The second kappa shape index (κ2) is 11.4. The molecule has 1 aliphatic rings. The first-order chi connectivity index (χ1) is 18.9. The molecule has 198 valence electrons.